The third-order valence-electron chi connectivity index (χ3n) is 7.04. The quantitative estimate of drug-likeness (QED) is 0.622. The molecule has 0 saturated heterocycles. The summed E-state index contributed by atoms with van der Waals surface area (Å²) in [6.45, 7) is 0.278. The number of benzene rings is 2. The van der Waals surface area contributed by atoms with Gasteiger partial charge in [-0.2, -0.15) is 0 Å². The Morgan fingerprint density at radius 3 is 2.78 bits per heavy atom. The van der Waals surface area contributed by atoms with Crippen LogP contribution in [-0.4, -0.2) is 11.7 Å². The third kappa shape index (κ3) is 2.13. The lowest BCUT2D eigenvalue weighted by Crippen LogP contribution is -2.35. The smallest absolute Gasteiger partial charge is 0.269 e. The molecule has 2 fully saturated rings. The van der Waals surface area contributed by atoms with Crippen LogP contribution in [-0.2, 0) is 0 Å². The summed E-state index contributed by atoms with van der Waals surface area (Å²) in [4.78, 5) is 11.0. The molecule has 2 aliphatic heterocycles. The minimum atomic E-state index is -0.285. The molecule has 6 nitrogen and oxygen atoms in total. The van der Waals surface area contributed by atoms with Crippen LogP contribution in [0.5, 0.6) is 11.5 Å². The average Bonchev–Trinajstić information content (AvgIpc) is 3.42. The number of hydrogen-bond donors (Lipinski definition) is 1. The summed E-state index contributed by atoms with van der Waals surface area (Å²) in [5.41, 5.74) is 3.58. The van der Waals surface area contributed by atoms with E-state index in [1.807, 2.05) is 12.1 Å². The van der Waals surface area contributed by atoms with Crippen molar-refractivity contribution in [2.45, 2.75) is 31.2 Å². The van der Waals surface area contributed by atoms with Crippen molar-refractivity contribution in [1.29, 1.82) is 0 Å². The van der Waals surface area contributed by atoms with E-state index in [2.05, 4.69) is 17.4 Å². The molecule has 2 aromatic rings. The number of hydrogen-bond acceptors (Lipinski definition) is 5. The molecule has 6 rings (SSSR count). The minimum absolute atomic E-state index is 0.193. The van der Waals surface area contributed by atoms with E-state index in [1.54, 1.807) is 12.1 Å². The molecule has 2 aliphatic carbocycles. The van der Waals surface area contributed by atoms with Gasteiger partial charge in [-0.05, 0) is 72.3 Å². The first-order valence-electron chi connectivity index (χ1n) is 9.63. The van der Waals surface area contributed by atoms with Gasteiger partial charge in [-0.15, -0.1) is 0 Å². The maximum atomic E-state index is 11.3. The topological polar surface area (TPSA) is 73.6 Å². The fraction of sp³-hybridized carbons (Fsp3) is 0.429. The van der Waals surface area contributed by atoms with E-state index < -0.39 is 0 Å². The van der Waals surface area contributed by atoms with Gasteiger partial charge in [0.15, 0.2) is 11.5 Å². The highest BCUT2D eigenvalue weighted by Gasteiger charge is 2.54. The van der Waals surface area contributed by atoms with Crippen LogP contribution in [0.3, 0.4) is 0 Å². The maximum absolute atomic E-state index is 11.3. The zero-order valence-corrected chi connectivity index (χ0v) is 14.8. The minimum Gasteiger partial charge on any atom is -0.454 e. The van der Waals surface area contributed by atoms with Gasteiger partial charge in [0.25, 0.3) is 5.69 Å². The summed E-state index contributed by atoms with van der Waals surface area (Å²) in [7, 11) is 0. The molecule has 2 aromatic carbocycles. The largest absolute Gasteiger partial charge is 0.454 e. The Hall–Kier alpha value is -2.76. The highest BCUT2D eigenvalue weighted by Crippen LogP contribution is 2.64. The third-order valence-corrected chi connectivity index (χ3v) is 7.04. The molecular weight excluding hydrogens is 344 g/mol. The summed E-state index contributed by atoms with van der Waals surface area (Å²) in [6, 6.07) is 11.7. The van der Waals surface area contributed by atoms with Crippen molar-refractivity contribution in [3.63, 3.8) is 0 Å². The molecule has 0 spiro atoms. The normalized spacial score (nSPS) is 31.9. The molecule has 2 bridgehead atoms. The maximum Gasteiger partial charge on any atom is 0.269 e. The van der Waals surface area contributed by atoms with E-state index in [9.17, 15) is 10.1 Å². The summed E-state index contributed by atoms with van der Waals surface area (Å²) in [5.74, 6) is 3.79. The molecule has 5 atom stereocenters. The molecule has 138 valence electrons. The van der Waals surface area contributed by atoms with E-state index in [-0.39, 0.29) is 23.4 Å². The van der Waals surface area contributed by atoms with Crippen molar-refractivity contribution in [3.05, 3.63) is 57.6 Å². The highest BCUT2D eigenvalue weighted by molar-refractivity contribution is 5.62. The van der Waals surface area contributed by atoms with Crippen molar-refractivity contribution in [2.24, 2.45) is 17.8 Å². The lowest BCUT2D eigenvalue weighted by molar-refractivity contribution is -0.384. The van der Waals surface area contributed by atoms with E-state index in [0.29, 0.717) is 23.7 Å². The van der Waals surface area contributed by atoms with Crippen molar-refractivity contribution >= 4 is 11.4 Å². The number of anilines is 1. The summed E-state index contributed by atoms with van der Waals surface area (Å²) >= 11 is 0. The number of non-ortho nitro benzene ring substituents is 1. The number of nitrogens with zero attached hydrogens (tertiary/aromatic N) is 1. The van der Waals surface area contributed by atoms with Gasteiger partial charge < -0.3 is 14.8 Å². The zero-order chi connectivity index (χ0) is 18.1. The first kappa shape index (κ1) is 15.3. The Kier molecular flexibility index (Phi) is 3.05. The lowest BCUT2D eigenvalue weighted by Gasteiger charge is -2.43. The van der Waals surface area contributed by atoms with Crippen LogP contribution in [0.15, 0.2) is 36.4 Å². The van der Waals surface area contributed by atoms with Crippen molar-refractivity contribution in [3.8, 4) is 11.5 Å². The molecule has 6 heteroatoms. The van der Waals surface area contributed by atoms with Crippen molar-refractivity contribution < 1.29 is 14.4 Å². The van der Waals surface area contributed by atoms with Crippen LogP contribution in [0.25, 0.3) is 0 Å². The fourth-order valence-corrected chi connectivity index (χ4v) is 6.02. The second kappa shape index (κ2) is 5.38. The van der Waals surface area contributed by atoms with Gasteiger partial charge in [-0.3, -0.25) is 10.1 Å². The van der Waals surface area contributed by atoms with Gasteiger partial charge in [-0.25, -0.2) is 0 Å². The molecule has 0 amide bonds. The molecule has 0 aromatic heterocycles. The monoisotopic (exact) mass is 364 g/mol. The Labute approximate surface area is 156 Å². The lowest BCUT2D eigenvalue weighted by atomic mass is 9.68. The summed E-state index contributed by atoms with van der Waals surface area (Å²) < 4.78 is 11.1. The number of nitro benzene ring substituents is 1. The Morgan fingerprint density at radius 2 is 1.89 bits per heavy atom. The molecule has 0 unspecified atom stereocenters. The molecule has 2 heterocycles. The molecule has 0 radical (unpaired) electrons. The Morgan fingerprint density at radius 1 is 1.04 bits per heavy atom. The van der Waals surface area contributed by atoms with Crippen LogP contribution < -0.4 is 14.8 Å². The molecule has 4 aliphatic rings. The number of ether oxygens (including phenoxy) is 2. The second-order valence-corrected chi connectivity index (χ2v) is 8.20. The van der Waals surface area contributed by atoms with Crippen LogP contribution in [0.1, 0.15) is 42.3 Å². The second-order valence-electron chi connectivity index (χ2n) is 8.20. The first-order chi connectivity index (χ1) is 13.2. The predicted octanol–water partition coefficient (Wildman–Crippen LogP) is 4.62. The molecule has 1 N–H and O–H groups in total. The Balaban J connectivity index is 1.46. The standard InChI is InChI=1S/C21H20N2O4/c24-23(25)14-4-5-16-15(9-14)19-11-1-2-12(7-11)20(19)21(22-16)13-3-6-17-18(8-13)27-10-26-17/h3-6,8-9,11-12,19-22H,1-2,7,10H2/t11-,12-,19-,20-,21-/m0/s1. The Bertz CT molecular complexity index is 959. The molecule has 27 heavy (non-hydrogen) atoms. The highest BCUT2D eigenvalue weighted by atomic mass is 16.7. The predicted molar refractivity (Wildman–Crippen MR) is 99.1 cm³/mol. The van der Waals surface area contributed by atoms with E-state index in [0.717, 1.165) is 22.7 Å². The average molecular weight is 364 g/mol. The first-order valence-corrected chi connectivity index (χ1v) is 9.63. The van der Waals surface area contributed by atoms with Gasteiger partial charge in [-0.1, -0.05) is 6.07 Å². The fourth-order valence-electron chi connectivity index (χ4n) is 6.02. The number of rotatable bonds is 2. The molecule has 2 saturated carbocycles. The summed E-state index contributed by atoms with van der Waals surface area (Å²) in [5, 5.41) is 15.0. The van der Waals surface area contributed by atoms with Crippen LogP contribution in [0, 0.1) is 27.9 Å². The van der Waals surface area contributed by atoms with Gasteiger partial charge in [0, 0.05) is 17.8 Å². The SMILES string of the molecule is O=[N+]([O-])c1ccc2c(c1)[C@@H]1[C@H]3CC[C@@H](C3)[C@@H]1[C@H](c1ccc3c(c1)OCO3)N2. The number of nitrogens with one attached hydrogen (secondary N) is 1. The van der Waals surface area contributed by atoms with Gasteiger partial charge in [0.05, 0.1) is 11.0 Å². The van der Waals surface area contributed by atoms with Gasteiger partial charge in [0.2, 0.25) is 6.79 Å². The van der Waals surface area contributed by atoms with Crippen molar-refractivity contribution in [1.82, 2.24) is 0 Å². The van der Waals surface area contributed by atoms with E-state index in [1.165, 1.54) is 24.8 Å². The van der Waals surface area contributed by atoms with Gasteiger partial charge in [0.1, 0.15) is 0 Å². The van der Waals surface area contributed by atoms with Gasteiger partial charge >= 0.3 is 0 Å². The number of fused-ring (bicyclic) bond motifs is 8. The van der Waals surface area contributed by atoms with E-state index in [4.69, 9.17) is 9.47 Å². The van der Waals surface area contributed by atoms with E-state index >= 15 is 0 Å². The molecular formula is C21H20N2O4. The van der Waals surface area contributed by atoms with Crippen molar-refractivity contribution in [2.75, 3.05) is 12.1 Å². The van der Waals surface area contributed by atoms with Crippen LogP contribution in [0.2, 0.25) is 0 Å². The summed E-state index contributed by atoms with van der Waals surface area (Å²) in [6.07, 6.45) is 3.74. The van der Waals surface area contributed by atoms with Crippen LogP contribution in [0.4, 0.5) is 11.4 Å². The number of nitro groups is 1. The van der Waals surface area contributed by atoms with Crippen LogP contribution >= 0.6 is 0 Å². The zero-order valence-electron chi connectivity index (χ0n) is 14.8.